The number of hydrogen-bond donors (Lipinski definition) is 1. The van der Waals surface area contributed by atoms with Gasteiger partial charge in [-0.05, 0) is 32.0 Å². The molecule has 2 nitrogen and oxygen atoms in total. The van der Waals surface area contributed by atoms with Crippen LogP contribution in [0.3, 0.4) is 0 Å². The molecule has 0 aromatic heterocycles. The molecule has 1 aliphatic rings. The molecule has 0 saturated carbocycles. The number of halogens is 1. The van der Waals surface area contributed by atoms with Gasteiger partial charge in [-0.2, -0.15) is 0 Å². The Morgan fingerprint density at radius 1 is 1.47 bits per heavy atom. The Morgan fingerprint density at radius 2 is 2.24 bits per heavy atom. The van der Waals surface area contributed by atoms with E-state index in [4.69, 9.17) is 0 Å². The standard InChI is InChI=1S/C14H21FN2/c1-11-7-8-17(9-11)10-14(16-2)12-5-3-4-6-13(12)15/h3-6,11,14,16H,7-10H2,1-2H3. The summed E-state index contributed by atoms with van der Waals surface area (Å²) in [6, 6.07) is 7.13. The van der Waals surface area contributed by atoms with E-state index in [1.807, 2.05) is 19.2 Å². The van der Waals surface area contributed by atoms with Crippen LogP contribution < -0.4 is 5.32 Å². The van der Waals surface area contributed by atoms with Crippen LogP contribution in [0.15, 0.2) is 24.3 Å². The monoisotopic (exact) mass is 236 g/mol. The lowest BCUT2D eigenvalue weighted by Crippen LogP contribution is -2.32. The van der Waals surface area contributed by atoms with Gasteiger partial charge in [0.1, 0.15) is 5.82 Å². The molecule has 2 unspecified atom stereocenters. The van der Waals surface area contributed by atoms with Gasteiger partial charge in [0.05, 0.1) is 0 Å². The van der Waals surface area contributed by atoms with Crippen LogP contribution in [-0.4, -0.2) is 31.6 Å². The summed E-state index contributed by atoms with van der Waals surface area (Å²) in [4.78, 5) is 2.41. The quantitative estimate of drug-likeness (QED) is 0.863. The van der Waals surface area contributed by atoms with Crippen molar-refractivity contribution >= 4 is 0 Å². The number of rotatable bonds is 4. The Hall–Kier alpha value is -0.930. The third kappa shape index (κ3) is 3.05. The second kappa shape index (κ2) is 5.61. The Bertz CT molecular complexity index is 367. The molecule has 2 atom stereocenters. The van der Waals surface area contributed by atoms with Crippen molar-refractivity contribution in [2.75, 3.05) is 26.7 Å². The van der Waals surface area contributed by atoms with Crippen LogP contribution in [-0.2, 0) is 0 Å². The summed E-state index contributed by atoms with van der Waals surface area (Å²) in [6.07, 6.45) is 1.26. The maximum atomic E-state index is 13.7. The van der Waals surface area contributed by atoms with Crippen LogP contribution in [0.1, 0.15) is 24.9 Å². The zero-order valence-electron chi connectivity index (χ0n) is 10.6. The number of nitrogens with zero attached hydrogens (tertiary/aromatic N) is 1. The topological polar surface area (TPSA) is 15.3 Å². The lowest BCUT2D eigenvalue weighted by Gasteiger charge is -2.24. The molecule has 1 aliphatic heterocycles. The van der Waals surface area contributed by atoms with Crippen molar-refractivity contribution < 1.29 is 4.39 Å². The van der Waals surface area contributed by atoms with Crippen molar-refractivity contribution in [1.82, 2.24) is 10.2 Å². The molecule has 0 radical (unpaired) electrons. The highest BCUT2D eigenvalue weighted by Crippen LogP contribution is 2.21. The summed E-state index contributed by atoms with van der Waals surface area (Å²) in [5.41, 5.74) is 0.773. The zero-order chi connectivity index (χ0) is 12.3. The van der Waals surface area contributed by atoms with Crippen LogP contribution in [0.2, 0.25) is 0 Å². The van der Waals surface area contributed by atoms with Gasteiger partial charge in [-0.15, -0.1) is 0 Å². The molecule has 1 N–H and O–H groups in total. The Morgan fingerprint density at radius 3 is 2.82 bits per heavy atom. The molecule has 1 heterocycles. The molecule has 1 fully saturated rings. The zero-order valence-corrected chi connectivity index (χ0v) is 10.6. The highest BCUT2D eigenvalue weighted by Gasteiger charge is 2.23. The first-order valence-electron chi connectivity index (χ1n) is 6.34. The van der Waals surface area contributed by atoms with E-state index in [-0.39, 0.29) is 11.9 Å². The van der Waals surface area contributed by atoms with E-state index in [1.54, 1.807) is 6.07 Å². The van der Waals surface area contributed by atoms with Crippen molar-refractivity contribution in [3.05, 3.63) is 35.6 Å². The SMILES string of the molecule is CNC(CN1CCC(C)C1)c1ccccc1F. The van der Waals surface area contributed by atoms with Crippen LogP contribution in [0, 0.1) is 11.7 Å². The van der Waals surface area contributed by atoms with E-state index in [2.05, 4.69) is 17.1 Å². The Kier molecular flexibility index (Phi) is 4.13. The van der Waals surface area contributed by atoms with Gasteiger partial charge < -0.3 is 10.2 Å². The highest BCUT2D eigenvalue weighted by molar-refractivity contribution is 5.21. The molecule has 1 aromatic carbocycles. The van der Waals surface area contributed by atoms with Gasteiger partial charge in [0, 0.05) is 24.7 Å². The van der Waals surface area contributed by atoms with Crippen LogP contribution in [0.25, 0.3) is 0 Å². The summed E-state index contributed by atoms with van der Waals surface area (Å²) in [7, 11) is 1.90. The van der Waals surface area contributed by atoms with E-state index < -0.39 is 0 Å². The number of likely N-dealkylation sites (N-methyl/N-ethyl adjacent to an activating group) is 1. The minimum atomic E-state index is -0.112. The largest absolute Gasteiger partial charge is 0.312 e. The lowest BCUT2D eigenvalue weighted by molar-refractivity contribution is 0.288. The molecule has 0 bridgehead atoms. The molecule has 94 valence electrons. The third-order valence-corrected chi connectivity index (χ3v) is 3.58. The van der Waals surface area contributed by atoms with Gasteiger partial charge in [0.25, 0.3) is 0 Å². The first-order chi connectivity index (χ1) is 8.20. The van der Waals surface area contributed by atoms with E-state index in [0.29, 0.717) is 0 Å². The Balaban J connectivity index is 2.04. The molecule has 1 aromatic rings. The average molecular weight is 236 g/mol. The maximum absolute atomic E-state index is 13.7. The molecule has 17 heavy (non-hydrogen) atoms. The van der Waals surface area contributed by atoms with Crippen LogP contribution in [0.5, 0.6) is 0 Å². The third-order valence-electron chi connectivity index (χ3n) is 3.58. The fraction of sp³-hybridized carbons (Fsp3) is 0.571. The molecular formula is C14H21FN2. The van der Waals surface area contributed by atoms with Crippen molar-refractivity contribution in [3.63, 3.8) is 0 Å². The van der Waals surface area contributed by atoms with Gasteiger partial charge in [-0.1, -0.05) is 25.1 Å². The molecule has 0 amide bonds. The van der Waals surface area contributed by atoms with Gasteiger partial charge in [0.2, 0.25) is 0 Å². The first kappa shape index (κ1) is 12.5. The van der Waals surface area contributed by atoms with Crippen LogP contribution in [0.4, 0.5) is 4.39 Å². The van der Waals surface area contributed by atoms with Gasteiger partial charge >= 0.3 is 0 Å². The van der Waals surface area contributed by atoms with Gasteiger partial charge in [-0.3, -0.25) is 0 Å². The lowest BCUT2D eigenvalue weighted by atomic mass is 10.1. The molecule has 2 rings (SSSR count). The normalized spacial score (nSPS) is 22.9. The average Bonchev–Trinajstić information content (AvgIpc) is 2.73. The van der Waals surface area contributed by atoms with Crippen LogP contribution >= 0.6 is 0 Å². The number of likely N-dealkylation sites (tertiary alicyclic amines) is 1. The van der Waals surface area contributed by atoms with E-state index in [1.165, 1.54) is 12.5 Å². The fourth-order valence-corrected chi connectivity index (χ4v) is 2.55. The summed E-state index contributed by atoms with van der Waals surface area (Å²) in [5, 5.41) is 3.22. The van der Waals surface area contributed by atoms with E-state index in [9.17, 15) is 4.39 Å². The minimum absolute atomic E-state index is 0.0847. The molecule has 3 heteroatoms. The van der Waals surface area contributed by atoms with Gasteiger partial charge in [0.15, 0.2) is 0 Å². The summed E-state index contributed by atoms with van der Waals surface area (Å²) >= 11 is 0. The van der Waals surface area contributed by atoms with Crippen molar-refractivity contribution in [1.29, 1.82) is 0 Å². The van der Waals surface area contributed by atoms with Crippen molar-refractivity contribution in [2.24, 2.45) is 5.92 Å². The van der Waals surface area contributed by atoms with E-state index >= 15 is 0 Å². The fourth-order valence-electron chi connectivity index (χ4n) is 2.55. The summed E-state index contributed by atoms with van der Waals surface area (Å²) in [6.45, 7) is 5.43. The molecule has 0 spiro atoms. The number of hydrogen-bond acceptors (Lipinski definition) is 2. The Labute approximate surface area is 103 Å². The number of benzene rings is 1. The smallest absolute Gasteiger partial charge is 0.128 e. The molecular weight excluding hydrogens is 215 g/mol. The molecule has 1 saturated heterocycles. The first-order valence-corrected chi connectivity index (χ1v) is 6.34. The molecule has 0 aliphatic carbocycles. The van der Waals surface area contributed by atoms with Crippen molar-refractivity contribution in [2.45, 2.75) is 19.4 Å². The van der Waals surface area contributed by atoms with Crippen molar-refractivity contribution in [3.8, 4) is 0 Å². The summed E-state index contributed by atoms with van der Waals surface area (Å²) in [5.74, 6) is 0.659. The number of nitrogens with one attached hydrogen (secondary N) is 1. The predicted molar refractivity (Wildman–Crippen MR) is 68.4 cm³/mol. The second-order valence-electron chi connectivity index (χ2n) is 5.02. The van der Waals surface area contributed by atoms with E-state index in [0.717, 1.165) is 31.1 Å². The van der Waals surface area contributed by atoms with Gasteiger partial charge in [-0.25, -0.2) is 4.39 Å². The predicted octanol–water partition coefficient (Wildman–Crippen LogP) is 2.43. The highest BCUT2D eigenvalue weighted by atomic mass is 19.1. The minimum Gasteiger partial charge on any atom is -0.312 e. The maximum Gasteiger partial charge on any atom is 0.128 e. The summed E-state index contributed by atoms with van der Waals surface area (Å²) < 4.78 is 13.7. The second-order valence-corrected chi connectivity index (χ2v) is 5.02.